The number of rotatable bonds is 5. The third-order valence-electron chi connectivity index (χ3n) is 5.78. The van der Waals surface area contributed by atoms with Gasteiger partial charge in [-0.15, -0.1) is 0 Å². The fourth-order valence-corrected chi connectivity index (χ4v) is 4.20. The van der Waals surface area contributed by atoms with Gasteiger partial charge in [0.25, 0.3) is 0 Å². The predicted molar refractivity (Wildman–Crippen MR) is 96.4 cm³/mol. The molecule has 0 atom stereocenters. The standard InChI is InChI=1S/C20H28N2O3/c23-18(21-17-9-5-2-6-10-17)15-22-13-11-20(12-14-22,19(24)25)16-7-3-1-4-8-16/h1,3-4,7-8,17H,2,5-6,9-15H2,(H,21,23)(H,24,25). The number of carbonyl (C=O) groups is 2. The van der Waals surface area contributed by atoms with E-state index in [2.05, 4.69) is 10.2 Å². The van der Waals surface area contributed by atoms with Crippen molar-refractivity contribution in [3.05, 3.63) is 35.9 Å². The van der Waals surface area contributed by atoms with E-state index in [-0.39, 0.29) is 5.91 Å². The van der Waals surface area contributed by atoms with E-state index in [9.17, 15) is 14.7 Å². The second-order valence-corrected chi connectivity index (χ2v) is 7.43. The highest BCUT2D eigenvalue weighted by Gasteiger charge is 2.43. The van der Waals surface area contributed by atoms with Crippen LogP contribution in [0.15, 0.2) is 30.3 Å². The normalized spacial score (nSPS) is 21.6. The first-order valence-corrected chi connectivity index (χ1v) is 9.41. The van der Waals surface area contributed by atoms with Crippen LogP contribution in [0.3, 0.4) is 0 Å². The summed E-state index contributed by atoms with van der Waals surface area (Å²) < 4.78 is 0. The largest absolute Gasteiger partial charge is 0.481 e. The van der Waals surface area contributed by atoms with Crippen molar-refractivity contribution in [1.29, 1.82) is 0 Å². The van der Waals surface area contributed by atoms with Crippen LogP contribution in [0.4, 0.5) is 0 Å². The molecular formula is C20H28N2O3. The number of amides is 1. The molecule has 2 N–H and O–H groups in total. The summed E-state index contributed by atoms with van der Waals surface area (Å²) in [5.41, 5.74) is 0.0474. The molecule has 1 aliphatic carbocycles. The SMILES string of the molecule is O=C(CN1CCC(C(=O)O)(c2ccccc2)CC1)NC1CCCCC1. The van der Waals surface area contributed by atoms with E-state index >= 15 is 0 Å². The molecule has 1 saturated carbocycles. The van der Waals surface area contributed by atoms with Gasteiger partial charge in [-0.05, 0) is 31.2 Å². The Morgan fingerprint density at radius 2 is 1.72 bits per heavy atom. The number of carboxylic acid groups (broad SMARTS) is 1. The number of likely N-dealkylation sites (tertiary alicyclic amines) is 1. The van der Waals surface area contributed by atoms with Gasteiger partial charge in [-0.25, -0.2) is 0 Å². The highest BCUT2D eigenvalue weighted by Crippen LogP contribution is 2.35. The van der Waals surface area contributed by atoms with Crippen molar-refractivity contribution >= 4 is 11.9 Å². The zero-order valence-corrected chi connectivity index (χ0v) is 14.7. The highest BCUT2D eigenvalue weighted by atomic mass is 16.4. The van der Waals surface area contributed by atoms with Crippen molar-refractivity contribution in [2.75, 3.05) is 19.6 Å². The summed E-state index contributed by atoms with van der Waals surface area (Å²) in [7, 11) is 0. The van der Waals surface area contributed by atoms with Crippen molar-refractivity contribution in [2.24, 2.45) is 0 Å². The first-order valence-electron chi connectivity index (χ1n) is 9.41. The molecule has 1 aromatic rings. The van der Waals surface area contributed by atoms with Crippen LogP contribution >= 0.6 is 0 Å². The molecule has 1 aromatic carbocycles. The van der Waals surface area contributed by atoms with Gasteiger partial charge in [-0.2, -0.15) is 0 Å². The second kappa shape index (κ2) is 8.00. The Bertz CT molecular complexity index is 588. The number of piperidine rings is 1. The first kappa shape index (κ1) is 17.9. The van der Waals surface area contributed by atoms with E-state index in [0.29, 0.717) is 38.5 Å². The summed E-state index contributed by atoms with van der Waals surface area (Å²) in [6.45, 7) is 1.65. The Morgan fingerprint density at radius 1 is 1.08 bits per heavy atom. The second-order valence-electron chi connectivity index (χ2n) is 7.43. The third-order valence-corrected chi connectivity index (χ3v) is 5.78. The maximum absolute atomic E-state index is 12.3. The van der Waals surface area contributed by atoms with Crippen LogP contribution in [0, 0.1) is 0 Å². The van der Waals surface area contributed by atoms with Crippen LogP contribution < -0.4 is 5.32 Å². The van der Waals surface area contributed by atoms with E-state index in [0.717, 1.165) is 18.4 Å². The number of benzene rings is 1. The van der Waals surface area contributed by atoms with Crippen LogP contribution in [0.1, 0.15) is 50.5 Å². The molecule has 2 fully saturated rings. The third kappa shape index (κ3) is 4.21. The summed E-state index contributed by atoms with van der Waals surface area (Å²) in [4.78, 5) is 26.3. The molecule has 0 spiro atoms. The minimum atomic E-state index is -0.822. The molecule has 1 aliphatic heterocycles. The van der Waals surface area contributed by atoms with E-state index in [1.54, 1.807) is 0 Å². The predicted octanol–water partition coefficient (Wildman–Crippen LogP) is 2.55. The molecule has 2 aliphatic rings. The maximum Gasteiger partial charge on any atom is 0.314 e. The molecular weight excluding hydrogens is 316 g/mol. The molecule has 5 heteroatoms. The van der Waals surface area contributed by atoms with Crippen molar-refractivity contribution < 1.29 is 14.7 Å². The van der Waals surface area contributed by atoms with Gasteiger partial charge in [0.15, 0.2) is 0 Å². The quantitative estimate of drug-likeness (QED) is 0.861. The summed E-state index contributed by atoms with van der Waals surface area (Å²) in [6.07, 6.45) is 6.94. The van der Waals surface area contributed by atoms with Gasteiger partial charge < -0.3 is 10.4 Å². The van der Waals surface area contributed by atoms with Crippen molar-refractivity contribution in [2.45, 2.75) is 56.4 Å². The van der Waals surface area contributed by atoms with Gasteiger partial charge in [0.05, 0.1) is 12.0 Å². The average molecular weight is 344 g/mol. The Labute approximate surface area is 149 Å². The Hall–Kier alpha value is -1.88. The number of nitrogens with zero attached hydrogens (tertiary/aromatic N) is 1. The minimum Gasteiger partial charge on any atom is -0.481 e. The fraction of sp³-hybridized carbons (Fsp3) is 0.600. The molecule has 3 rings (SSSR count). The van der Waals surface area contributed by atoms with Crippen molar-refractivity contribution in [3.63, 3.8) is 0 Å². The maximum atomic E-state index is 12.3. The lowest BCUT2D eigenvalue weighted by Gasteiger charge is -2.39. The number of aliphatic carboxylic acids is 1. The summed E-state index contributed by atoms with van der Waals surface area (Å²) >= 11 is 0. The lowest BCUT2D eigenvalue weighted by molar-refractivity contribution is -0.146. The monoisotopic (exact) mass is 344 g/mol. The molecule has 0 bridgehead atoms. The Kier molecular flexibility index (Phi) is 5.74. The van der Waals surface area contributed by atoms with Gasteiger partial charge in [0.2, 0.25) is 5.91 Å². The molecule has 1 amide bonds. The van der Waals surface area contributed by atoms with Crippen LogP contribution in [0.25, 0.3) is 0 Å². The van der Waals surface area contributed by atoms with Crippen LogP contribution in [0.5, 0.6) is 0 Å². The van der Waals surface area contributed by atoms with Gasteiger partial charge in [0.1, 0.15) is 0 Å². The van der Waals surface area contributed by atoms with Gasteiger partial charge in [-0.3, -0.25) is 14.5 Å². The summed E-state index contributed by atoms with van der Waals surface area (Å²) in [6, 6.07) is 9.82. The van der Waals surface area contributed by atoms with Crippen LogP contribution in [0.2, 0.25) is 0 Å². The van der Waals surface area contributed by atoms with Crippen molar-refractivity contribution in [1.82, 2.24) is 10.2 Å². The van der Waals surface area contributed by atoms with E-state index in [1.807, 2.05) is 30.3 Å². The number of hydrogen-bond acceptors (Lipinski definition) is 3. The Morgan fingerprint density at radius 3 is 2.32 bits per heavy atom. The van der Waals surface area contributed by atoms with E-state index in [1.165, 1.54) is 19.3 Å². The smallest absolute Gasteiger partial charge is 0.314 e. The molecule has 1 heterocycles. The fourth-order valence-electron chi connectivity index (χ4n) is 4.20. The lowest BCUT2D eigenvalue weighted by atomic mass is 9.73. The number of carboxylic acids is 1. The number of nitrogens with one attached hydrogen (secondary N) is 1. The molecule has 0 aromatic heterocycles. The highest BCUT2D eigenvalue weighted by molar-refractivity contribution is 5.82. The van der Waals surface area contributed by atoms with Gasteiger partial charge in [0, 0.05) is 19.1 Å². The van der Waals surface area contributed by atoms with Crippen molar-refractivity contribution in [3.8, 4) is 0 Å². The molecule has 25 heavy (non-hydrogen) atoms. The van der Waals surface area contributed by atoms with Gasteiger partial charge in [-0.1, -0.05) is 49.6 Å². The molecule has 1 saturated heterocycles. The average Bonchev–Trinajstić information content (AvgIpc) is 2.64. The molecule has 136 valence electrons. The Balaban J connectivity index is 1.55. The zero-order valence-electron chi connectivity index (χ0n) is 14.7. The van der Waals surface area contributed by atoms with Crippen LogP contribution in [-0.2, 0) is 15.0 Å². The zero-order chi connectivity index (χ0) is 17.7. The van der Waals surface area contributed by atoms with E-state index < -0.39 is 11.4 Å². The molecule has 5 nitrogen and oxygen atoms in total. The topological polar surface area (TPSA) is 69.6 Å². The molecule has 0 radical (unpaired) electrons. The molecule has 0 unspecified atom stereocenters. The first-order chi connectivity index (χ1) is 12.1. The van der Waals surface area contributed by atoms with E-state index in [4.69, 9.17) is 0 Å². The summed E-state index contributed by atoms with van der Waals surface area (Å²) in [5, 5.41) is 13.0. The minimum absolute atomic E-state index is 0.0782. The number of carbonyl (C=O) groups excluding carboxylic acids is 1. The lowest BCUT2D eigenvalue weighted by Crippen LogP contribution is -2.50. The van der Waals surface area contributed by atoms with Crippen LogP contribution in [-0.4, -0.2) is 47.6 Å². The van der Waals surface area contributed by atoms with Gasteiger partial charge >= 0.3 is 5.97 Å². The number of hydrogen-bond donors (Lipinski definition) is 2. The summed E-state index contributed by atoms with van der Waals surface area (Å²) in [5.74, 6) is -0.681.